The second-order valence-corrected chi connectivity index (χ2v) is 6.97. The molecule has 0 saturated heterocycles. The number of hydrogen-bond donors (Lipinski definition) is 1. The zero-order valence-corrected chi connectivity index (χ0v) is 14.3. The summed E-state index contributed by atoms with van der Waals surface area (Å²) in [4.78, 5) is 8.98. The second kappa shape index (κ2) is 5.70. The Kier molecular flexibility index (Phi) is 4.35. The van der Waals surface area contributed by atoms with Gasteiger partial charge in [-0.3, -0.25) is 0 Å². The minimum atomic E-state index is -0.148. The van der Waals surface area contributed by atoms with Gasteiger partial charge in [0.15, 0.2) is 0 Å². The van der Waals surface area contributed by atoms with Crippen LogP contribution in [0, 0.1) is 6.92 Å². The molecule has 0 atom stereocenters. The lowest BCUT2D eigenvalue weighted by Crippen LogP contribution is -2.17. The van der Waals surface area contributed by atoms with E-state index in [-0.39, 0.29) is 5.41 Å². The average molecular weight is 355 g/mol. The Morgan fingerprint density at radius 2 is 1.90 bits per heavy atom. The average Bonchev–Trinajstić information content (AvgIpc) is 2.33. The van der Waals surface area contributed by atoms with Gasteiger partial charge in [-0.1, -0.05) is 54.4 Å². The fraction of sp³-hybridized carbons (Fsp3) is 0.333. The van der Waals surface area contributed by atoms with Crippen molar-refractivity contribution >= 4 is 39.0 Å². The number of hydrogen-bond acceptors (Lipinski definition) is 3. The van der Waals surface area contributed by atoms with Crippen molar-refractivity contribution in [1.82, 2.24) is 9.97 Å². The molecule has 0 aliphatic rings. The van der Waals surface area contributed by atoms with Crippen LogP contribution in [0.5, 0.6) is 0 Å². The number of rotatable bonds is 2. The van der Waals surface area contributed by atoms with Gasteiger partial charge in [0.1, 0.15) is 16.8 Å². The first-order chi connectivity index (χ1) is 9.27. The number of aromatic nitrogens is 2. The summed E-state index contributed by atoms with van der Waals surface area (Å²) in [5, 5.41) is 3.79. The molecule has 0 amide bonds. The lowest BCUT2D eigenvalue weighted by Gasteiger charge is -2.19. The molecule has 1 heterocycles. The van der Waals surface area contributed by atoms with E-state index in [9.17, 15) is 0 Å². The smallest absolute Gasteiger partial charge is 0.138 e. The van der Waals surface area contributed by atoms with Crippen LogP contribution in [0.25, 0.3) is 0 Å². The normalized spacial score (nSPS) is 11.5. The van der Waals surface area contributed by atoms with E-state index in [0.717, 1.165) is 27.4 Å². The van der Waals surface area contributed by atoms with E-state index in [1.807, 2.05) is 31.2 Å². The molecule has 0 radical (unpaired) electrons. The summed E-state index contributed by atoms with van der Waals surface area (Å²) in [5.74, 6) is 1.47. The molecule has 5 heteroatoms. The standard InChI is InChI=1S/C15H17BrClN3/c1-9-12(17)19-14(15(2,3)4)20-13(9)18-11-7-5-6-10(16)8-11/h5-8H,1-4H3,(H,18,19,20). The fourth-order valence-electron chi connectivity index (χ4n) is 1.65. The van der Waals surface area contributed by atoms with Crippen molar-refractivity contribution < 1.29 is 0 Å². The SMILES string of the molecule is Cc1c(Cl)nc(C(C)(C)C)nc1Nc1cccc(Br)c1. The Balaban J connectivity index is 2.43. The maximum Gasteiger partial charge on any atom is 0.138 e. The molecular weight excluding hydrogens is 338 g/mol. The molecule has 106 valence electrons. The lowest BCUT2D eigenvalue weighted by molar-refractivity contribution is 0.545. The van der Waals surface area contributed by atoms with Gasteiger partial charge in [0.05, 0.1) is 0 Å². The van der Waals surface area contributed by atoms with Crippen molar-refractivity contribution in [3.05, 3.63) is 45.3 Å². The van der Waals surface area contributed by atoms with Gasteiger partial charge in [0, 0.05) is 21.1 Å². The predicted molar refractivity (Wildman–Crippen MR) is 87.9 cm³/mol. The van der Waals surface area contributed by atoms with E-state index in [1.54, 1.807) is 0 Å². The Labute approximate surface area is 132 Å². The molecule has 0 aliphatic heterocycles. The van der Waals surface area contributed by atoms with Gasteiger partial charge < -0.3 is 5.32 Å². The first-order valence-corrected chi connectivity index (χ1v) is 7.51. The highest BCUT2D eigenvalue weighted by Gasteiger charge is 2.20. The molecule has 2 aromatic rings. The van der Waals surface area contributed by atoms with E-state index < -0.39 is 0 Å². The summed E-state index contributed by atoms with van der Waals surface area (Å²) in [5.41, 5.74) is 1.65. The molecule has 0 spiro atoms. The molecule has 20 heavy (non-hydrogen) atoms. The predicted octanol–water partition coefficient (Wildman–Crippen LogP) is 5.24. The summed E-state index contributed by atoms with van der Waals surface area (Å²) in [6.07, 6.45) is 0. The van der Waals surface area contributed by atoms with Gasteiger partial charge in [-0.2, -0.15) is 0 Å². The number of nitrogens with zero attached hydrogens (tertiary/aromatic N) is 2. The highest BCUT2D eigenvalue weighted by Crippen LogP contribution is 2.28. The zero-order valence-electron chi connectivity index (χ0n) is 12.0. The lowest BCUT2D eigenvalue weighted by atomic mass is 9.95. The van der Waals surface area contributed by atoms with Crippen LogP contribution in [-0.2, 0) is 5.41 Å². The maximum atomic E-state index is 6.22. The van der Waals surface area contributed by atoms with Gasteiger partial charge in [0.2, 0.25) is 0 Å². The molecule has 1 N–H and O–H groups in total. The number of benzene rings is 1. The van der Waals surface area contributed by atoms with Crippen LogP contribution in [0.2, 0.25) is 5.15 Å². The number of nitrogens with one attached hydrogen (secondary N) is 1. The largest absolute Gasteiger partial charge is 0.340 e. The molecule has 1 aromatic heterocycles. The molecule has 0 fully saturated rings. The minimum absolute atomic E-state index is 0.148. The Morgan fingerprint density at radius 1 is 1.20 bits per heavy atom. The Hall–Kier alpha value is -1.13. The highest BCUT2D eigenvalue weighted by molar-refractivity contribution is 9.10. The van der Waals surface area contributed by atoms with E-state index in [4.69, 9.17) is 11.6 Å². The van der Waals surface area contributed by atoms with Crippen molar-refractivity contribution in [2.24, 2.45) is 0 Å². The topological polar surface area (TPSA) is 37.8 Å². The first kappa shape index (κ1) is 15.3. The molecule has 0 aliphatic carbocycles. The van der Waals surface area contributed by atoms with Gasteiger partial charge in [0.25, 0.3) is 0 Å². The van der Waals surface area contributed by atoms with Gasteiger partial charge >= 0.3 is 0 Å². The molecule has 0 saturated carbocycles. The number of halogens is 2. The van der Waals surface area contributed by atoms with E-state index >= 15 is 0 Å². The molecular formula is C15H17BrClN3. The monoisotopic (exact) mass is 353 g/mol. The Morgan fingerprint density at radius 3 is 2.50 bits per heavy atom. The third kappa shape index (κ3) is 3.49. The molecule has 1 aromatic carbocycles. The summed E-state index contributed by atoms with van der Waals surface area (Å²) in [7, 11) is 0. The molecule has 2 rings (SSSR count). The first-order valence-electron chi connectivity index (χ1n) is 6.34. The van der Waals surface area contributed by atoms with Crippen molar-refractivity contribution in [3.63, 3.8) is 0 Å². The molecule has 3 nitrogen and oxygen atoms in total. The van der Waals surface area contributed by atoms with E-state index in [1.165, 1.54) is 0 Å². The van der Waals surface area contributed by atoms with Crippen molar-refractivity contribution in [2.75, 3.05) is 5.32 Å². The maximum absolute atomic E-state index is 6.22. The van der Waals surface area contributed by atoms with Gasteiger partial charge in [-0.15, -0.1) is 0 Å². The number of anilines is 2. The quantitative estimate of drug-likeness (QED) is 0.749. The summed E-state index contributed by atoms with van der Waals surface area (Å²) >= 11 is 9.68. The minimum Gasteiger partial charge on any atom is -0.340 e. The summed E-state index contributed by atoms with van der Waals surface area (Å²) < 4.78 is 1.01. The van der Waals surface area contributed by atoms with Gasteiger partial charge in [-0.05, 0) is 25.1 Å². The van der Waals surface area contributed by atoms with Crippen molar-refractivity contribution in [1.29, 1.82) is 0 Å². The van der Waals surface area contributed by atoms with Crippen LogP contribution in [0.15, 0.2) is 28.7 Å². The summed E-state index contributed by atoms with van der Waals surface area (Å²) in [6, 6.07) is 7.92. The van der Waals surface area contributed by atoms with Crippen molar-refractivity contribution in [2.45, 2.75) is 33.1 Å². The summed E-state index contributed by atoms with van der Waals surface area (Å²) in [6.45, 7) is 8.11. The zero-order chi connectivity index (χ0) is 14.9. The Bertz CT molecular complexity index is 636. The third-order valence-corrected chi connectivity index (χ3v) is 3.71. The van der Waals surface area contributed by atoms with Crippen LogP contribution in [0.1, 0.15) is 32.2 Å². The van der Waals surface area contributed by atoms with E-state index in [2.05, 4.69) is 52.0 Å². The fourth-order valence-corrected chi connectivity index (χ4v) is 2.22. The van der Waals surface area contributed by atoms with E-state index in [0.29, 0.717) is 5.15 Å². The van der Waals surface area contributed by atoms with Gasteiger partial charge in [-0.25, -0.2) is 9.97 Å². The van der Waals surface area contributed by atoms with Crippen LogP contribution < -0.4 is 5.32 Å². The van der Waals surface area contributed by atoms with Crippen LogP contribution in [-0.4, -0.2) is 9.97 Å². The molecule has 0 unspecified atom stereocenters. The van der Waals surface area contributed by atoms with Crippen LogP contribution in [0.4, 0.5) is 11.5 Å². The van der Waals surface area contributed by atoms with Crippen LogP contribution >= 0.6 is 27.5 Å². The third-order valence-electron chi connectivity index (χ3n) is 2.84. The molecule has 0 bridgehead atoms. The highest BCUT2D eigenvalue weighted by atomic mass is 79.9. The van der Waals surface area contributed by atoms with Crippen LogP contribution in [0.3, 0.4) is 0 Å². The second-order valence-electron chi connectivity index (χ2n) is 5.70. The van der Waals surface area contributed by atoms with Crippen molar-refractivity contribution in [3.8, 4) is 0 Å².